The van der Waals surface area contributed by atoms with Crippen LogP contribution in [0.15, 0.2) is 63.9 Å². The molecule has 0 saturated heterocycles. The van der Waals surface area contributed by atoms with E-state index in [1.54, 1.807) is 0 Å². The zero-order valence-corrected chi connectivity index (χ0v) is 22.6. The van der Waals surface area contributed by atoms with Gasteiger partial charge in [-0.2, -0.15) is 18.3 Å². The van der Waals surface area contributed by atoms with E-state index in [-0.39, 0.29) is 5.78 Å². The zero-order chi connectivity index (χ0) is 28.3. The maximum Gasteiger partial charge on any atom is 0.417 e. The summed E-state index contributed by atoms with van der Waals surface area (Å²) in [7, 11) is 0. The lowest BCUT2D eigenvalue weighted by Gasteiger charge is -2.15. The van der Waals surface area contributed by atoms with Crippen LogP contribution in [-0.2, 0) is 17.4 Å². The smallest absolute Gasteiger partial charge is 0.408 e. The van der Waals surface area contributed by atoms with Crippen LogP contribution < -0.4 is 5.76 Å². The topological polar surface area (TPSA) is 80.9 Å². The molecule has 0 atom stereocenters. The molecule has 38 heavy (non-hydrogen) atoms. The number of aryl methyl sites for hydroxylation is 1. The number of hydrogen-bond donors (Lipinski definition) is 1. The van der Waals surface area contributed by atoms with Crippen molar-refractivity contribution in [2.24, 2.45) is 0 Å². The highest BCUT2D eigenvalue weighted by Gasteiger charge is 2.29. The number of halogens is 3. The first kappa shape index (κ1) is 30.6. The van der Waals surface area contributed by atoms with E-state index in [4.69, 9.17) is 9.52 Å². The normalized spacial score (nSPS) is 11.1. The molecule has 0 aliphatic carbocycles. The highest BCUT2D eigenvalue weighted by Crippen LogP contribution is 2.29. The highest BCUT2D eigenvalue weighted by atomic mass is 19.4. The number of aromatic amines is 1. The van der Waals surface area contributed by atoms with Crippen LogP contribution in [0.3, 0.4) is 0 Å². The van der Waals surface area contributed by atoms with Gasteiger partial charge in [-0.25, -0.2) is 4.79 Å². The van der Waals surface area contributed by atoms with Crippen LogP contribution in [0.25, 0.3) is 22.4 Å². The third kappa shape index (κ3) is 9.36. The third-order valence-electron chi connectivity index (χ3n) is 5.63. The van der Waals surface area contributed by atoms with E-state index < -0.39 is 17.5 Å². The summed E-state index contributed by atoms with van der Waals surface area (Å²) in [5, 5.41) is 4.72. The molecule has 2 heterocycles. The van der Waals surface area contributed by atoms with Gasteiger partial charge in [0.1, 0.15) is 5.78 Å². The molecule has 6 nitrogen and oxygen atoms in total. The minimum atomic E-state index is -4.22. The molecule has 4 aromatic rings. The van der Waals surface area contributed by atoms with Crippen molar-refractivity contribution < 1.29 is 22.4 Å². The van der Waals surface area contributed by atoms with Gasteiger partial charge in [-0.15, -0.1) is 0 Å². The second-order valence-electron chi connectivity index (χ2n) is 9.09. The molecule has 0 unspecified atom stereocenters. The molecule has 0 radical (unpaired) electrons. The second-order valence-corrected chi connectivity index (χ2v) is 9.09. The Hall–Kier alpha value is -3.62. The Morgan fingerprint density at radius 2 is 1.61 bits per heavy atom. The van der Waals surface area contributed by atoms with Crippen LogP contribution >= 0.6 is 0 Å². The fraction of sp³-hybridized carbons (Fsp3) is 0.414. The average Bonchev–Trinajstić information content (AvgIpc) is 3.49. The molecule has 0 bridgehead atoms. The number of ketones is 1. The number of aromatic nitrogens is 3. The Kier molecular flexibility index (Phi) is 11.6. The monoisotopic (exact) mass is 531 g/mol. The number of hydrogen-bond acceptors (Lipinski definition) is 4. The molecule has 0 saturated carbocycles. The Morgan fingerprint density at radius 1 is 1.00 bits per heavy atom. The van der Waals surface area contributed by atoms with Gasteiger partial charge in [0.05, 0.1) is 22.8 Å². The summed E-state index contributed by atoms with van der Waals surface area (Å²) in [6.07, 6.45) is 3.18. The predicted molar refractivity (Wildman–Crippen MR) is 144 cm³/mol. The largest absolute Gasteiger partial charge is 0.417 e. The van der Waals surface area contributed by atoms with E-state index in [2.05, 4.69) is 23.5 Å². The lowest BCUT2D eigenvalue weighted by atomic mass is 10.1. The van der Waals surface area contributed by atoms with Gasteiger partial charge >= 0.3 is 11.9 Å². The summed E-state index contributed by atoms with van der Waals surface area (Å²) in [6.45, 7) is 9.37. The second kappa shape index (κ2) is 14.4. The van der Waals surface area contributed by atoms with Crippen LogP contribution in [0, 0.1) is 0 Å². The van der Waals surface area contributed by atoms with Crippen molar-refractivity contribution >= 4 is 16.9 Å². The maximum absolute atomic E-state index is 12.0. The molecule has 0 fully saturated rings. The predicted octanol–water partition coefficient (Wildman–Crippen LogP) is 7.99. The summed E-state index contributed by atoms with van der Waals surface area (Å²) < 4.78 is 43.3. The number of Topliss-reactive ketones (excluding diaryl/α,β-unsaturated/α-hetero) is 1. The molecule has 9 heteroatoms. The number of nitrogens with zero attached hydrogens (tertiary/aromatic N) is 2. The molecular weight excluding hydrogens is 495 g/mol. The molecule has 0 aliphatic heterocycles. The number of rotatable bonds is 7. The number of benzene rings is 2. The fourth-order valence-electron chi connectivity index (χ4n) is 3.80. The van der Waals surface area contributed by atoms with Gasteiger partial charge in [-0.3, -0.25) is 9.67 Å². The minimum Gasteiger partial charge on any atom is -0.408 e. The number of fused-ring (bicyclic) bond motifs is 1. The SMILES string of the molecule is CC(C)=O.CCCC(CCC)n1ccc(-c2ccc3[nH]c(=O)oc3c2)n1.CCc1ccc(C(F)(F)F)cc1. The van der Waals surface area contributed by atoms with Crippen molar-refractivity contribution in [2.75, 3.05) is 0 Å². The van der Waals surface area contributed by atoms with Gasteiger partial charge in [0, 0.05) is 11.8 Å². The lowest BCUT2D eigenvalue weighted by molar-refractivity contribution is -0.137. The Balaban J connectivity index is 0.000000266. The van der Waals surface area contributed by atoms with E-state index >= 15 is 0 Å². The van der Waals surface area contributed by atoms with Crippen LogP contribution in [0.2, 0.25) is 0 Å². The number of carbonyl (C=O) groups is 1. The lowest BCUT2D eigenvalue weighted by Crippen LogP contribution is -2.09. The number of H-pyrrole nitrogens is 1. The number of carbonyl (C=O) groups excluding carboxylic acids is 1. The van der Waals surface area contributed by atoms with Crippen LogP contribution in [0.5, 0.6) is 0 Å². The Bertz CT molecular complexity index is 1320. The highest BCUT2D eigenvalue weighted by molar-refractivity contribution is 5.78. The molecule has 206 valence electrons. The van der Waals surface area contributed by atoms with E-state index in [1.165, 1.54) is 26.0 Å². The van der Waals surface area contributed by atoms with E-state index in [9.17, 15) is 22.8 Å². The first-order chi connectivity index (χ1) is 18.0. The van der Waals surface area contributed by atoms with Gasteiger partial charge in [0.25, 0.3) is 0 Å². The van der Waals surface area contributed by atoms with Crippen molar-refractivity contribution in [3.8, 4) is 11.3 Å². The van der Waals surface area contributed by atoms with Crippen molar-refractivity contribution in [1.29, 1.82) is 0 Å². The molecule has 0 amide bonds. The van der Waals surface area contributed by atoms with E-state index in [0.717, 1.165) is 61.1 Å². The first-order valence-electron chi connectivity index (χ1n) is 12.8. The quantitative estimate of drug-likeness (QED) is 0.262. The molecule has 1 N–H and O–H groups in total. The molecule has 2 aromatic carbocycles. The summed E-state index contributed by atoms with van der Waals surface area (Å²) >= 11 is 0. The van der Waals surface area contributed by atoms with E-state index in [0.29, 0.717) is 17.1 Å². The van der Waals surface area contributed by atoms with Gasteiger partial charge in [0.2, 0.25) is 0 Å². The molecule has 0 spiro atoms. The van der Waals surface area contributed by atoms with Crippen LogP contribution in [0.1, 0.15) is 77.5 Å². The van der Waals surface area contributed by atoms with Crippen molar-refractivity contribution in [2.45, 2.75) is 78.9 Å². The number of nitrogens with one attached hydrogen (secondary N) is 1. The van der Waals surface area contributed by atoms with Gasteiger partial charge in [-0.1, -0.05) is 51.8 Å². The molecule has 4 rings (SSSR count). The standard InChI is InChI=1S/C17H21N3O2.C9H9F3.C3H6O/c1-3-5-13(6-4-2)20-10-9-14(19-20)12-7-8-15-16(11-12)22-17(21)18-15;1-2-7-3-5-8(6-4-7)9(10,11)12;1-3(2)4/h7-11,13H,3-6H2,1-2H3,(H,18,21);3-6H,2H2,1H3;1-2H3. The van der Waals surface area contributed by atoms with Crippen LogP contribution in [-0.4, -0.2) is 20.5 Å². The van der Waals surface area contributed by atoms with Gasteiger partial charge in [0.15, 0.2) is 5.58 Å². The molecule has 0 aliphatic rings. The van der Waals surface area contributed by atoms with Crippen molar-refractivity contribution in [3.63, 3.8) is 0 Å². The Morgan fingerprint density at radius 3 is 2.13 bits per heavy atom. The van der Waals surface area contributed by atoms with Crippen LogP contribution in [0.4, 0.5) is 13.2 Å². The number of oxazole rings is 1. The van der Waals surface area contributed by atoms with Crippen molar-refractivity contribution in [1.82, 2.24) is 14.8 Å². The summed E-state index contributed by atoms with van der Waals surface area (Å²) in [4.78, 5) is 23.3. The minimum absolute atomic E-state index is 0.167. The zero-order valence-electron chi connectivity index (χ0n) is 22.6. The van der Waals surface area contributed by atoms with Gasteiger partial charge < -0.3 is 9.21 Å². The summed E-state index contributed by atoms with van der Waals surface area (Å²) in [6, 6.07) is 13.4. The average molecular weight is 532 g/mol. The molecule has 2 aromatic heterocycles. The maximum atomic E-state index is 12.0. The summed E-state index contributed by atoms with van der Waals surface area (Å²) in [5.41, 5.74) is 3.48. The third-order valence-corrected chi connectivity index (χ3v) is 5.63. The fourth-order valence-corrected chi connectivity index (χ4v) is 3.80. The Labute approximate surface area is 220 Å². The first-order valence-corrected chi connectivity index (χ1v) is 12.8. The molecular formula is C29H36F3N3O3. The summed E-state index contributed by atoms with van der Waals surface area (Å²) in [5.74, 6) is -0.261. The van der Waals surface area contributed by atoms with Gasteiger partial charge in [-0.05, 0) is 69.0 Å². The van der Waals surface area contributed by atoms with Crippen molar-refractivity contribution in [3.05, 3.63) is 76.4 Å². The number of alkyl halides is 3. The van der Waals surface area contributed by atoms with E-state index in [1.807, 2.05) is 37.4 Å².